The Hall–Kier alpha value is -3.94. The van der Waals surface area contributed by atoms with Gasteiger partial charge >= 0.3 is 0 Å². The minimum Gasteiger partial charge on any atom is -0.361 e. The number of para-hydroxylation sites is 2. The maximum absolute atomic E-state index is 12.6. The highest BCUT2D eigenvalue weighted by Crippen LogP contribution is 2.17. The van der Waals surface area contributed by atoms with E-state index in [0.717, 1.165) is 22.9 Å². The van der Waals surface area contributed by atoms with Crippen molar-refractivity contribution in [2.24, 2.45) is 0 Å². The Morgan fingerprint density at radius 2 is 1.78 bits per heavy atom. The quantitative estimate of drug-likeness (QED) is 0.398. The summed E-state index contributed by atoms with van der Waals surface area (Å²) in [6, 6.07) is 14.3. The van der Waals surface area contributed by atoms with Gasteiger partial charge in [-0.1, -0.05) is 30.3 Å². The number of fused-ring (bicyclic) bond motifs is 2. The zero-order valence-corrected chi connectivity index (χ0v) is 17.8. The van der Waals surface area contributed by atoms with E-state index >= 15 is 0 Å². The van der Waals surface area contributed by atoms with Crippen molar-refractivity contribution >= 4 is 33.6 Å². The number of amides is 2. The Morgan fingerprint density at radius 3 is 2.62 bits per heavy atom. The lowest BCUT2D eigenvalue weighted by Gasteiger charge is -2.15. The molecule has 2 heterocycles. The summed E-state index contributed by atoms with van der Waals surface area (Å²) in [7, 11) is 0. The number of H-pyrrole nitrogens is 1. The molecule has 0 aliphatic rings. The summed E-state index contributed by atoms with van der Waals surface area (Å²) in [6.45, 7) is 2.34. The molecule has 0 saturated carbocycles. The van der Waals surface area contributed by atoms with Gasteiger partial charge in [-0.3, -0.25) is 19.0 Å². The molecule has 2 amide bonds. The molecule has 8 heteroatoms. The van der Waals surface area contributed by atoms with Crippen LogP contribution in [-0.4, -0.2) is 39.4 Å². The third-order valence-corrected chi connectivity index (χ3v) is 5.53. The molecule has 2 aromatic carbocycles. The average Bonchev–Trinajstić information content (AvgIpc) is 3.22. The highest BCUT2D eigenvalue weighted by molar-refractivity contribution is 5.84. The molecule has 32 heavy (non-hydrogen) atoms. The number of carbonyl (C=O) groups excluding carboxylic acids is 2. The fraction of sp³-hybridized carbons (Fsp3) is 0.250. The first-order chi connectivity index (χ1) is 15.5. The van der Waals surface area contributed by atoms with Gasteiger partial charge in [0.2, 0.25) is 11.8 Å². The number of benzene rings is 2. The molecule has 0 spiro atoms. The van der Waals surface area contributed by atoms with Gasteiger partial charge in [0, 0.05) is 36.6 Å². The predicted octanol–water partition coefficient (Wildman–Crippen LogP) is 2.30. The van der Waals surface area contributed by atoms with Crippen molar-refractivity contribution in [2.75, 3.05) is 13.1 Å². The Morgan fingerprint density at radius 1 is 1.03 bits per heavy atom. The number of nitrogens with zero attached hydrogens (tertiary/aromatic N) is 2. The fourth-order valence-electron chi connectivity index (χ4n) is 3.70. The van der Waals surface area contributed by atoms with Crippen molar-refractivity contribution in [2.45, 2.75) is 25.8 Å². The Kier molecular flexibility index (Phi) is 6.30. The average molecular weight is 431 g/mol. The van der Waals surface area contributed by atoms with E-state index in [-0.39, 0.29) is 30.3 Å². The van der Waals surface area contributed by atoms with Crippen molar-refractivity contribution < 1.29 is 9.59 Å². The van der Waals surface area contributed by atoms with E-state index in [1.807, 2.05) is 24.4 Å². The molecular formula is C24H25N5O3. The summed E-state index contributed by atoms with van der Waals surface area (Å²) in [4.78, 5) is 44.7. The van der Waals surface area contributed by atoms with Crippen LogP contribution in [-0.2, 0) is 16.0 Å². The molecule has 1 atom stereocenters. The second kappa shape index (κ2) is 9.47. The second-order valence-corrected chi connectivity index (χ2v) is 7.65. The number of nitrogens with one attached hydrogen (secondary N) is 3. The van der Waals surface area contributed by atoms with E-state index in [1.54, 1.807) is 31.2 Å². The smallest absolute Gasteiger partial charge is 0.261 e. The Labute approximate surface area is 184 Å². The molecule has 0 radical (unpaired) electrons. The van der Waals surface area contributed by atoms with Crippen molar-refractivity contribution in [3.05, 3.63) is 77.0 Å². The van der Waals surface area contributed by atoms with Gasteiger partial charge in [-0.25, -0.2) is 4.98 Å². The van der Waals surface area contributed by atoms with Gasteiger partial charge in [0.1, 0.15) is 6.04 Å². The standard InChI is InChI=1S/C24H25N5O3/c1-16(29-15-28-21-9-5-3-7-19(21)24(29)32)23(31)26-13-11-22(30)25-12-10-17-14-27-20-8-4-2-6-18(17)20/h2-9,14-16,27H,10-13H2,1H3,(H,25,30)(H,26,31)/t16-/m0/s1. The third kappa shape index (κ3) is 4.54. The molecule has 8 nitrogen and oxygen atoms in total. The SMILES string of the molecule is C[C@@H](C(=O)NCCC(=O)NCCc1c[nH]c2ccccc12)n1cnc2ccccc2c1=O. The summed E-state index contributed by atoms with van der Waals surface area (Å²) in [5.41, 5.74) is 2.54. The lowest BCUT2D eigenvalue weighted by atomic mass is 10.1. The summed E-state index contributed by atoms with van der Waals surface area (Å²) in [6.07, 6.45) is 4.22. The molecule has 0 aliphatic carbocycles. The zero-order chi connectivity index (χ0) is 22.5. The predicted molar refractivity (Wildman–Crippen MR) is 123 cm³/mol. The first-order valence-corrected chi connectivity index (χ1v) is 10.6. The van der Waals surface area contributed by atoms with E-state index in [4.69, 9.17) is 0 Å². The number of hydrogen-bond donors (Lipinski definition) is 3. The highest BCUT2D eigenvalue weighted by atomic mass is 16.2. The first kappa shape index (κ1) is 21.3. The second-order valence-electron chi connectivity index (χ2n) is 7.65. The molecule has 0 unspecified atom stereocenters. The molecule has 0 saturated heterocycles. The largest absolute Gasteiger partial charge is 0.361 e. The third-order valence-electron chi connectivity index (χ3n) is 5.53. The zero-order valence-electron chi connectivity index (χ0n) is 17.8. The summed E-state index contributed by atoms with van der Waals surface area (Å²) >= 11 is 0. The minimum atomic E-state index is -0.732. The maximum atomic E-state index is 12.6. The van der Waals surface area contributed by atoms with Crippen LogP contribution in [0.2, 0.25) is 0 Å². The van der Waals surface area contributed by atoms with Gasteiger partial charge in [0.05, 0.1) is 17.2 Å². The molecule has 4 aromatic rings. The number of hydrogen-bond acceptors (Lipinski definition) is 4. The van der Waals surface area contributed by atoms with Gasteiger partial charge in [-0.2, -0.15) is 0 Å². The molecule has 0 fully saturated rings. The van der Waals surface area contributed by atoms with Gasteiger partial charge in [-0.05, 0) is 37.1 Å². The van der Waals surface area contributed by atoms with Crippen LogP contribution >= 0.6 is 0 Å². The topological polar surface area (TPSA) is 109 Å². The van der Waals surface area contributed by atoms with Crippen molar-refractivity contribution in [3.8, 4) is 0 Å². The molecule has 0 aliphatic heterocycles. The molecule has 3 N–H and O–H groups in total. The molecular weight excluding hydrogens is 406 g/mol. The number of rotatable bonds is 8. The van der Waals surface area contributed by atoms with E-state index in [1.165, 1.54) is 10.9 Å². The fourth-order valence-corrected chi connectivity index (χ4v) is 3.70. The number of aromatic amines is 1. The summed E-state index contributed by atoms with van der Waals surface area (Å²) in [5.74, 6) is -0.474. The van der Waals surface area contributed by atoms with Crippen molar-refractivity contribution in [1.29, 1.82) is 0 Å². The Bertz CT molecular complexity index is 1320. The lowest BCUT2D eigenvalue weighted by molar-refractivity contribution is -0.124. The number of aromatic nitrogens is 3. The Balaban J connectivity index is 1.24. The first-order valence-electron chi connectivity index (χ1n) is 10.6. The van der Waals surface area contributed by atoms with E-state index < -0.39 is 6.04 Å². The van der Waals surface area contributed by atoms with Gasteiger partial charge < -0.3 is 15.6 Å². The monoisotopic (exact) mass is 431 g/mol. The van der Waals surface area contributed by atoms with Crippen LogP contribution in [0.1, 0.15) is 24.9 Å². The number of carbonyl (C=O) groups is 2. The lowest BCUT2D eigenvalue weighted by Crippen LogP contribution is -2.38. The highest BCUT2D eigenvalue weighted by Gasteiger charge is 2.17. The van der Waals surface area contributed by atoms with Gasteiger partial charge in [-0.15, -0.1) is 0 Å². The van der Waals surface area contributed by atoms with Crippen LogP contribution in [0.15, 0.2) is 65.8 Å². The van der Waals surface area contributed by atoms with E-state index in [0.29, 0.717) is 17.4 Å². The normalized spacial score (nSPS) is 12.0. The van der Waals surface area contributed by atoms with Crippen molar-refractivity contribution in [3.63, 3.8) is 0 Å². The molecule has 4 rings (SSSR count). The summed E-state index contributed by atoms with van der Waals surface area (Å²) in [5, 5.41) is 7.22. The molecule has 164 valence electrons. The van der Waals surface area contributed by atoms with Crippen LogP contribution in [0.5, 0.6) is 0 Å². The molecule has 2 aromatic heterocycles. The van der Waals surface area contributed by atoms with Crippen LogP contribution in [0, 0.1) is 0 Å². The molecule has 0 bridgehead atoms. The van der Waals surface area contributed by atoms with Gasteiger partial charge in [0.25, 0.3) is 5.56 Å². The van der Waals surface area contributed by atoms with E-state index in [2.05, 4.69) is 26.7 Å². The van der Waals surface area contributed by atoms with Crippen LogP contribution in [0.3, 0.4) is 0 Å². The summed E-state index contributed by atoms with van der Waals surface area (Å²) < 4.78 is 1.30. The minimum absolute atomic E-state index is 0.137. The maximum Gasteiger partial charge on any atom is 0.261 e. The van der Waals surface area contributed by atoms with Crippen LogP contribution < -0.4 is 16.2 Å². The van der Waals surface area contributed by atoms with Crippen LogP contribution in [0.4, 0.5) is 0 Å². The van der Waals surface area contributed by atoms with Crippen LogP contribution in [0.25, 0.3) is 21.8 Å². The van der Waals surface area contributed by atoms with Crippen molar-refractivity contribution in [1.82, 2.24) is 25.2 Å². The van der Waals surface area contributed by atoms with Gasteiger partial charge in [0.15, 0.2) is 0 Å². The van der Waals surface area contributed by atoms with E-state index in [9.17, 15) is 14.4 Å².